The third kappa shape index (κ3) is 4.15. The van der Waals surface area contributed by atoms with Crippen molar-refractivity contribution in [1.29, 1.82) is 0 Å². The number of allylic oxidation sites excluding steroid dienone is 9. The number of hydrogen-bond acceptors (Lipinski definition) is 3. The molecule has 3 aliphatic carbocycles. The Labute approximate surface area is 286 Å². The molecule has 3 atom stereocenters. The van der Waals surface area contributed by atoms with Crippen molar-refractivity contribution in [3.63, 3.8) is 0 Å². The zero-order chi connectivity index (χ0) is 32.7. The van der Waals surface area contributed by atoms with Gasteiger partial charge in [-0.3, -0.25) is 0 Å². The molecule has 0 saturated heterocycles. The highest BCUT2D eigenvalue weighted by Crippen LogP contribution is 2.53. The largest absolute Gasteiger partial charge is 0.460 e. The maximum absolute atomic E-state index is 6.31. The third-order valence-electron chi connectivity index (χ3n) is 11.2. The lowest BCUT2D eigenvalue weighted by Crippen LogP contribution is -2.32. The summed E-state index contributed by atoms with van der Waals surface area (Å²) >= 11 is 0. The first-order chi connectivity index (χ1) is 24.0. The minimum Gasteiger partial charge on any atom is -0.460 e. The monoisotopic (exact) mass is 633 g/mol. The van der Waals surface area contributed by atoms with Gasteiger partial charge in [0.05, 0.1) is 5.41 Å². The maximum atomic E-state index is 6.31. The van der Waals surface area contributed by atoms with Crippen LogP contribution in [0.15, 0.2) is 168 Å². The smallest absolute Gasteiger partial charge is 0.135 e. The average Bonchev–Trinajstić information content (AvgIpc) is 3.66. The lowest BCUT2D eigenvalue weighted by Gasteiger charge is -2.39. The highest BCUT2D eigenvalue weighted by molar-refractivity contribution is 6.09. The third-order valence-corrected chi connectivity index (χ3v) is 11.2. The van der Waals surface area contributed by atoms with E-state index in [2.05, 4.69) is 164 Å². The summed E-state index contributed by atoms with van der Waals surface area (Å²) < 4.78 is 12.6. The second-order valence-corrected chi connectivity index (χ2v) is 14.1. The molecule has 0 saturated carbocycles. The predicted octanol–water partition coefficient (Wildman–Crippen LogP) is 11.8. The second kappa shape index (κ2) is 10.3. The van der Waals surface area contributed by atoms with Gasteiger partial charge in [0, 0.05) is 51.2 Å². The van der Waals surface area contributed by atoms with Crippen LogP contribution in [0.25, 0.3) is 33.6 Å². The van der Waals surface area contributed by atoms with Crippen LogP contribution < -0.4 is 9.64 Å². The number of rotatable bonds is 4. The summed E-state index contributed by atoms with van der Waals surface area (Å²) in [4.78, 5) is 2.40. The van der Waals surface area contributed by atoms with Crippen LogP contribution >= 0.6 is 0 Å². The molecule has 3 heteroatoms. The molecule has 236 valence electrons. The number of para-hydroxylation sites is 3. The Morgan fingerprint density at radius 1 is 0.714 bits per heavy atom. The van der Waals surface area contributed by atoms with Crippen molar-refractivity contribution in [3.8, 4) is 5.75 Å². The fourth-order valence-electron chi connectivity index (χ4n) is 8.64. The van der Waals surface area contributed by atoms with E-state index >= 15 is 0 Å². The minimum absolute atomic E-state index is 0.178. The van der Waals surface area contributed by atoms with E-state index in [-0.39, 0.29) is 16.7 Å². The summed E-state index contributed by atoms with van der Waals surface area (Å²) in [5, 5.41) is 2.42. The normalized spacial score (nSPS) is 23.1. The van der Waals surface area contributed by atoms with Crippen molar-refractivity contribution in [2.24, 2.45) is 5.92 Å². The van der Waals surface area contributed by atoms with Crippen LogP contribution in [0.2, 0.25) is 0 Å². The standard InChI is InChI=1S/C46H35NO2/c1-45-27-26-32(28-33(45)20-16-31-19-24-41-43(44(31)45)37-12-6-8-14-39(37)48-41)30-17-21-35(22-18-30)47(34-10-4-3-5-11-34)36-23-25-42-46(2,29-36)38-13-7-9-15-40(38)49-42/h3-28,33H,29H2,1-2H3. The highest BCUT2D eigenvalue weighted by Gasteiger charge is 2.44. The van der Waals surface area contributed by atoms with Gasteiger partial charge < -0.3 is 14.1 Å². The summed E-state index contributed by atoms with van der Waals surface area (Å²) in [6, 6.07) is 40.9. The van der Waals surface area contributed by atoms with Crippen LogP contribution in [0.5, 0.6) is 5.75 Å². The van der Waals surface area contributed by atoms with Crippen molar-refractivity contribution < 1.29 is 9.15 Å². The van der Waals surface area contributed by atoms with Gasteiger partial charge in [0.2, 0.25) is 0 Å². The summed E-state index contributed by atoms with van der Waals surface area (Å²) in [5.74, 6) is 2.21. The van der Waals surface area contributed by atoms with E-state index in [0.29, 0.717) is 0 Å². The van der Waals surface area contributed by atoms with Crippen LogP contribution in [-0.4, -0.2) is 0 Å². The van der Waals surface area contributed by atoms with Crippen molar-refractivity contribution in [2.75, 3.05) is 4.90 Å². The zero-order valence-corrected chi connectivity index (χ0v) is 27.6. The summed E-state index contributed by atoms with van der Waals surface area (Å²) in [6.45, 7) is 4.68. The Bertz CT molecular complexity index is 2470. The van der Waals surface area contributed by atoms with E-state index in [9.17, 15) is 0 Å². The number of benzene rings is 5. The van der Waals surface area contributed by atoms with E-state index in [1.807, 2.05) is 12.1 Å². The topological polar surface area (TPSA) is 25.6 Å². The van der Waals surface area contributed by atoms with E-state index in [0.717, 1.165) is 40.5 Å². The van der Waals surface area contributed by atoms with Gasteiger partial charge in [-0.1, -0.05) is 110 Å². The SMILES string of the molecule is CC12CC(N(c3ccccc3)c3ccc(C4=CC5C=Cc6ccc7oc8ccccc8c7c6C5(C)C=C4)cc3)=CC=C1Oc1ccccc12. The summed E-state index contributed by atoms with van der Waals surface area (Å²) in [7, 11) is 0. The van der Waals surface area contributed by atoms with E-state index in [1.165, 1.54) is 44.3 Å². The Morgan fingerprint density at radius 2 is 1.49 bits per heavy atom. The first-order valence-electron chi connectivity index (χ1n) is 17.2. The molecule has 4 aliphatic rings. The molecule has 2 heterocycles. The van der Waals surface area contributed by atoms with Gasteiger partial charge in [-0.2, -0.15) is 0 Å². The van der Waals surface area contributed by atoms with Gasteiger partial charge in [-0.05, 0) is 83.8 Å². The van der Waals surface area contributed by atoms with Gasteiger partial charge in [0.15, 0.2) is 0 Å². The van der Waals surface area contributed by atoms with E-state index in [1.54, 1.807) is 0 Å². The van der Waals surface area contributed by atoms with Crippen LogP contribution in [0.3, 0.4) is 0 Å². The van der Waals surface area contributed by atoms with Crippen molar-refractivity contribution in [1.82, 2.24) is 0 Å². The lowest BCUT2D eigenvalue weighted by atomic mass is 9.63. The molecule has 0 radical (unpaired) electrons. The van der Waals surface area contributed by atoms with Gasteiger partial charge in [0.25, 0.3) is 0 Å². The minimum atomic E-state index is -0.210. The van der Waals surface area contributed by atoms with Gasteiger partial charge in [0.1, 0.15) is 22.7 Å². The van der Waals surface area contributed by atoms with E-state index in [4.69, 9.17) is 9.15 Å². The molecule has 5 aromatic carbocycles. The molecule has 49 heavy (non-hydrogen) atoms. The Morgan fingerprint density at radius 3 is 2.37 bits per heavy atom. The molecule has 3 nitrogen and oxygen atoms in total. The van der Waals surface area contributed by atoms with Crippen LogP contribution in [0, 0.1) is 5.92 Å². The Hall–Kier alpha value is -5.80. The molecule has 3 unspecified atom stereocenters. The maximum Gasteiger partial charge on any atom is 0.135 e. The zero-order valence-electron chi connectivity index (χ0n) is 27.6. The number of anilines is 2. The number of fused-ring (bicyclic) bond motifs is 10. The Kier molecular flexibility index (Phi) is 5.96. The number of nitrogens with zero attached hydrogens (tertiary/aromatic N) is 1. The van der Waals surface area contributed by atoms with Crippen molar-refractivity contribution in [2.45, 2.75) is 31.1 Å². The van der Waals surface area contributed by atoms with Crippen LogP contribution in [0.4, 0.5) is 11.4 Å². The first-order valence-corrected chi connectivity index (χ1v) is 17.2. The molecule has 10 rings (SSSR count). The molecule has 1 aliphatic heterocycles. The number of furan rings is 1. The van der Waals surface area contributed by atoms with Gasteiger partial charge >= 0.3 is 0 Å². The summed E-state index contributed by atoms with van der Waals surface area (Å²) in [6.07, 6.45) is 17.1. The molecule has 1 aromatic heterocycles. The summed E-state index contributed by atoms with van der Waals surface area (Å²) in [5.41, 5.74) is 11.4. The molecule has 0 bridgehead atoms. The van der Waals surface area contributed by atoms with Gasteiger partial charge in [-0.15, -0.1) is 0 Å². The molecule has 0 amide bonds. The Balaban J connectivity index is 0.999. The van der Waals surface area contributed by atoms with Crippen molar-refractivity contribution in [3.05, 3.63) is 185 Å². The predicted molar refractivity (Wildman–Crippen MR) is 201 cm³/mol. The van der Waals surface area contributed by atoms with Crippen molar-refractivity contribution >= 4 is 45.0 Å². The van der Waals surface area contributed by atoms with Crippen LogP contribution in [0.1, 0.15) is 42.5 Å². The number of hydrogen-bond donors (Lipinski definition) is 0. The van der Waals surface area contributed by atoms with Crippen LogP contribution in [-0.2, 0) is 10.8 Å². The molecule has 6 aromatic rings. The highest BCUT2D eigenvalue weighted by atomic mass is 16.5. The molecule has 0 fully saturated rings. The average molecular weight is 634 g/mol. The molecular formula is C46H35NO2. The number of ether oxygens (including phenoxy) is 1. The second-order valence-electron chi connectivity index (χ2n) is 14.1. The quantitative estimate of drug-likeness (QED) is 0.193. The molecule has 0 spiro atoms. The fourth-order valence-corrected chi connectivity index (χ4v) is 8.64. The lowest BCUT2D eigenvalue weighted by molar-refractivity contribution is 0.372. The fraction of sp³-hybridized carbons (Fsp3) is 0.130. The van der Waals surface area contributed by atoms with Gasteiger partial charge in [-0.25, -0.2) is 0 Å². The molecular weight excluding hydrogens is 599 g/mol. The molecule has 0 N–H and O–H groups in total. The first kappa shape index (κ1) is 28.2. The van der Waals surface area contributed by atoms with E-state index < -0.39 is 0 Å².